The number of carboxylic acid groups (broad SMARTS) is 1. The number of hydrogen-bond acceptors (Lipinski definition) is 15. The third-order valence-electron chi connectivity index (χ3n) is 11.4. The number of aromatic nitrogens is 4. The Morgan fingerprint density at radius 2 is 1.21 bits per heavy atom. The molecule has 2 aliphatic heterocycles. The minimum Gasteiger partial charge on any atom is -0.489 e. The van der Waals surface area contributed by atoms with Gasteiger partial charge in [0.2, 0.25) is 0 Å². The van der Waals surface area contributed by atoms with Gasteiger partial charge < -0.3 is 30.0 Å². The summed E-state index contributed by atoms with van der Waals surface area (Å²) in [5, 5.41) is 18.4. The number of carboxylic acids is 1. The van der Waals surface area contributed by atoms with Crippen molar-refractivity contribution >= 4 is 90.5 Å². The molecule has 4 aromatic heterocycles. The SMILES string of the molecule is CC(C)Oc1cc2c(cc1Nc1ncnc3sc4c(c13)CCC(C(=O)O)C4)C=NC2.CCOC(=O)C1CCc2c(sc3ncnc(Nc4cc5c(cc4OC(C)C)CN=C5)c23)C1. The molecule has 3 N–H and O–H groups in total. The van der Waals surface area contributed by atoms with E-state index in [0.29, 0.717) is 39.0 Å². The highest BCUT2D eigenvalue weighted by molar-refractivity contribution is 7.19. The predicted molar refractivity (Wildman–Crippen MR) is 244 cm³/mol. The number of benzene rings is 2. The van der Waals surface area contributed by atoms with Crippen LogP contribution in [-0.4, -0.2) is 68.2 Å². The molecular weight excluding hydrogens is 825 g/mol. The summed E-state index contributed by atoms with van der Waals surface area (Å²) in [6.45, 7) is 11.7. The van der Waals surface area contributed by atoms with Crippen molar-refractivity contribution in [2.24, 2.45) is 21.8 Å². The van der Waals surface area contributed by atoms with E-state index in [1.54, 1.807) is 35.3 Å². The first-order chi connectivity index (χ1) is 30.0. The monoisotopic (exact) mass is 872 g/mol. The Morgan fingerprint density at radius 3 is 1.68 bits per heavy atom. The number of thiophene rings is 2. The van der Waals surface area contributed by atoms with E-state index >= 15 is 0 Å². The molecule has 10 rings (SSSR count). The quantitative estimate of drug-likeness (QED) is 0.105. The third kappa shape index (κ3) is 8.32. The number of nitrogens with zero attached hydrogens (tertiary/aromatic N) is 6. The Kier molecular flexibility index (Phi) is 11.6. The summed E-state index contributed by atoms with van der Waals surface area (Å²) in [7, 11) is 0. The number of esters is 1. The number of aliphatic carboxylic acids is 1. The van der Waals surface area contributed by atoms with Crippen LogP contribution in [0.4, 0.5) is 23.0 Å². The lowest BCUT2D eigenvalue weighted by Crippen LogP contribution is -2.23. The van der Waals surface area contributed by atoms with Gasteiger partial charge in [0, 0.05) is 22.2 Å². The van der Waals surface area contributed by atoms with Gasteiger partial charge in [0.05, 0.1) is 65.9 Å². The van der Waals surface area contributed by atoms with Gasteiger partial charge in [-0.15, -0.1) is 22.7 Å². The van der Waals surface area contributed by atoms with Crippen molar-refractivity contribution in [1.82, 2.24) is 19.9 Å². The van der Waals surface area contributed by atoms with Crippen LogP contribution in [0, 0.1) is 11.8 Å². The molecule has 2 aromatic carbocycles. The summed E-state index contributed by atoms with van der Waals surface area (Å²) in [4.78, 5) is 54.7. The van der Waals surface area contributed by atoms with Crippen LogP contribution in [0.25, 0.3) is 20.4 Å². The molecule has 2 aliphatic carbocycles. The highest BCUT2D eigenvalue weighted by Gasteiger charge is 2.31. The van der Waals surface area contributed by atoms with Crippen LogP contribution in [0.15, 0.2) is 46.9 Å². The zero-order chi connectivity index (χ0) is 43.1. The average molecular weight is 873 g/mol. The summed E-state index contributed by atoms with van der Waals surface area (Å²) >= 11 is 3.22. The number of aryl methyl sites for hydroxylation is 2. The first-order valence-electron chi connectivity index (χ1n) is 21.1. The maximum atomic E-state index is 12.3. The molecular formula is C46H48N8O6S2. The fourth-order valence-electron chi connectivity index (χ4n) is 8.51. The van der Waals surface area contributed by atoms with E-state index in [1.165, 1.54) is 16.0 Å². The molecule has 2 atom stereocenters. The molecule has 0 saturated heterocycles. The van der Waals surface area contributed by atoms with E-state index in [0.717, 1.165) is 101 Å². The number of carbonyl (C=O) groups is 2. The van der Waals surface area contributed by atoms with Crippen LogP contribution < -0.4 is 20.1 Å². The minimum absolute atomic E-state index is 0.0400. The van der Waals surface area contributed by atoms with Crippen LogP contribution in [0.2, 0.25) is 0 Å². The van der Waals surface area contributed by atoms with Gasteiger partial charge in [0.25, 0.3) is 0 Å². The highest BCUT2D eigenvalue weighted by atomic mass is 32.1. The summed E-state index contributed by atoms with van der Waals surface area (Å²) in [6, 6.07) is 8.24. The van der Waals surface area contributed by atoms with E-state index in [-0.39, 0.29) is 30.0 Å². The van der Waals surface area contributed by atoms with Crippen LogP contribution in [0.1, 0.15) is 90.6 Å². The molecule has 0 radical (unpaired) electrons. The fraction of sp³-hybridized carbons (Fsp3) is 0.391. The molecule has 0 amide bonds. The topological polar surface area (TPSA) is 182 Å². The smallest absolute Gasteiger partial charge is 0.309 e. The Balaban J connectivity index is 0.000000158. The minimum atomic E-state index is -0.724. The lowest BCUT2D eigenvalue weighted by molar-refractivity contribution is -0.148. The van der Waals surface area contributed by atoms with Gasteiger partial charge >= 0.3 is 11.9 Å². The molecule has 16 heteroatoms. The summed E-state index contributed by atoms with van der Waals surface area (Å²) in [6.07, 6.45) is 11.2. The lowest BCUT2D eigenvalue weighted by Gasteiger charge is -2.21. The van der Waals surface area contributed by atoms with Crippen molar-refractivity contribution in [3.05, 3.63) is 80.1 Å². The molecule has 0 bridgehead atoms. The summed E-state index contributed by atoms with van der Waals surface area (Å²) in [5.41, 5.74) is 8.61. The molecule has 4 aliphatic rings. The number of hydrogen-bond donors (Lipinski definition) is 3. The number of aliphatic imine (C=N–C) groups is 2. The number of anilines is 4. The van der Waals surface area contributed by atoms with E-state index < -0.39 is 5.97 Å². The molecule has 6 aromatic rings. The highest BCUT2D eigenvalue weighted by Crippen LogP contribution is 2.44. The second kappa shape index (κ2) is 17.4. The molecule has 0 spiro atoms. The average Bonchev–Trinajstić information content (AvgIpc) is 4.05. The number of nitrogens with one attached hydrogen (secondary N) is 2. The van der Waals surface area contributed by atoms with Gasteiger partial charge in [-0.3, -0.25) is 19.6 Å². The molecule has 62 heavy (non-hydrogen) atoms. The van der Waals surface area contributed by atoms with Crippen molar-refractivity contribution in [1.29, 1.82) is 0 Å². The molecule has 6 heterocycles. The van der Waals surface area contributed by atoms with Gasteiger partial charge in [-0.1, -0.05) is 0 Å². The second-order valence-corrected chi connectivity index (χ2v) is 18.6. The van der Waals surface area contributed by atoms with E-state index in [4.69, 9.17) is 14.2 Å². The van der Waals surface area contributed by atoms with Crippen molar-refractivity contribution in [3.8, 4) is 11.5 Å². The number of fused-ring (bicyclic) bond motifs is 8. The Labute approximate surface area is 366 Å². The van der Waals surface area contributed by atoms with E-state index in [1.807, 2.05) is 53.1 Å². The van der Waals surface area contributed by atoms with Crippen molar-refractivity contribution in [3.63, 3.8) is 0 Å². The van der Waals surface area contributed by atoms with Crippen LogP contribution >= 0.6 is 22.7 Å². The molecule has 0 saturated carbocycles. The van der Waals surface area contributed by atoms with Gasteiger partial charge in [-0.2, -0.15) is 0 Å². The molecule has 2 unspecified atom stereocenters. The van der Waals surface area contributed by atoms with Gasteiger partial charge in [-0.25, -0.2) is 19.9 Å². The number of ether oxygens (including phenoxy) is 3. The zero-order valence-corrected chi connectivity index (χ0v) is 36.9. The Bertz CT molecular complexity index is 2780. The van der Waals surface area contributed by atoms with Crippen molar-refractivity contribution in [2.45, 2.75) is 98.4 Å². The van der Waals surface area contributed by atoms with Crippen LogP contribution in [0.3, 0.4) is 0 Å². The first-order valence-corrected chi connectivity index (χ1v) is 22.8. The van der Waals surface area contributed by atoms with Gasteiger partial charge in [0.1, 0.15) is 45.5 Å². The molecule has 14 nitrogen and oxygen atoms in total. The lowest BCUT2D eigenvalue weighted by atomic mass is 9.88. The number of rotatable bonds is 11. The van der Waals surface area contributed by atoms with Crippen molar-refractivity contribution < 1.29 is 28.9 Å². The van der Waals surface area contributed by atoms with E-state index in [2.05, 4.69) is 58.8 Å². The largest absolute Gasteiger partial charge is 0.489 e. The standard InChI is InChI=1S/C24H26N4O3S.C22H22N4O3S/c1-4-30-24(29)14-5-6-17-20(9-14)32-23-21(17)22(26-12-27-23)28-18-7-15-10-25-11-16(15)8-19(18)31-13(2)3;1-11(2)29-17-6-14-9-23-8-13(14)5-16(17)26-20-19-15-4-3-12(22(27)28)7-18(15)30-21(19)25-10-24-20/h7-8,10,12-14H,4-6,9,11H2,1-3H3,(H,26,27,28);5-6,8,10-12H,3-4,7,9H2,1-2H3,(H,27,28)(H,24,25,26). The summed E-state index contributed by atoms with van der Waals surface area (Å²) in [5.74, 6) is 1.84. The summed E-state index contributed by atoms with van der Waals surface area (Å²) < 4.78 is 17.4. The molecule has 320 valence electrons. The van der Waals surface area contributed by atoms with E-state index in [9.17, 15) is 14.7 Å². The predicted octanol–water partition coefficient (Wildman–Crippen LogP) is 9.17. The van der Waals surface area contributed by atoms with Gasteiger partial charge in [0.15, 0.2) is 0 Å². The maximum Gasteiger partial charge on any atom is 0.309 e. The third-order valence-corrected chi connectivity index (χ3v) is 13.7. The normalized spacial score (nSPS) is 17.0. The maximum absolute atomic E-state index is 12.3. The van der Waals surface area contributed by atoms with Crippen LogP contribution in [-0.2, 0) is 53.1 Å². The Morgan fingerprint density at radius 1 is 0.726 bits per heavy atom. The first kappa shape index (κ1) is 41.4. The number of carbonyl (C=O) groups excluding carboxylic acids is 1. The van der Waals surface area contributed by atoms with Crippen LogP contribution in [0.5, 0.6) is 11.5 Å². The zero-order valence-electron chi connectivity index (χ0n) is 35.3. The fourth-order valence-corrected chi connectivity index (χ4v) is 11.0. The van der Waals surface area contributed by atoms with Crippen molar-refractivity contribution in [2.75, 3.05) is 17.2 Å². The molecule has 0 fully saturated rings. The second-order valence-electron chi connectivity index (χ2n) is 16.4. The Hall–Kier alpha value is -6.00. The van der Waals surface area contributed by atoms with Gasteiger partial charge in [-0.05, 0) is 131 Å².